The van der Waals surface area contributed by atoms with E-state index >= 15 is 0 Å². The Morgan fingerprint density at radius 2 is 1.59 bits per heavy atom. The first-order valence-corrected chi connectivity index (χ1v) is 15.4. The Kier molecular flexibility index (Phi) is 6.21. The Bertz CT molecular complexity index is 1560. The molecule has 4 fully saturated rings. The summed E-state index contributed by atoms with van der Waals surface area (Å²) in [5.74, 6) is -7.98. The maximum absolute atomic E-state index is 14.4. The van der Waals surface area contributed by atoms with Crippen LogP contribution in [0.25, 0.3) is 0 Å². The fourth-order valence-corrected chi connectivity index (χ4v) is 10.3. The monoisotopic (exact) mass is 606 g/mol. The van der Waals surface area contributed by atoms with Gasteiger partial charge in [-0.1, -0.05) is 19.1 Å². The lowest BCUT2D eigenvalue weighted by Gasteiger charge is -2.57. The van der Waals surface area contributed by atoms with Gasteiger partial charge in [-0.25, -0.2) is 0 Å². The number of phenolic OH excluding ortho intramolecular Hbond substituents is 1. The summed E-state index contributed by atoms with van der Waals surface area (Å²) in [6.07, 6.45) is 3.90. The number of aliphatic hydroxyl groups excluding tert-OH is 2. The van der Waals surface area contributed by atoms with Gasteiger partial charge in [0.1, 0.15) is 28.9 Å². The average molecular weight is 607 g/mol. The Balaban J connectivity index is 1.44. The molecule has 44 heavy (non-hydrogen) atoms. The number of fused-ring (bicyclic) bond motifs is 3. The quantitative estimate of drug-likeness (QED) is 0.252. The van der Waals surface area contributed by atoms with Crippen molar-refractivity contribution in [2.45, 2.75) is 69.1 Å². The Morgan fingerprint density at radius 3 is 2.14 bits per heavy atom. The van der Waals surface area contributed by atoms with Crippen LogP contribution in [-0.2, 0) is 19.1 Å². The van der Waals surface area contributed by atoms with E-state index in [4.69, 9.17) is 10.5 Å². The summed E-state index contributed by atoms with van der Waals surface area (Å²) in [5, 5.41) is 46.1. The number of aromatic hydroxyl groups is 1. The molecule has 0 aliphatic heterocycles. The second-order valence-corrected chi connectivity index (χ2v) is 14.4. The maximum atomic E-state index is 14.4. The van der Waals surface area contributed by atoms with E-state index in [0.29, 0.717) is 42.6 Å². The van der Waals surface area contributed by atoms with Crippen LogP contribution in [0.1, 0.15) is 67.3 Å². The van der Waals surface area contributed by atoms with Crippen LogP contribution in [0, 0.1) is 35.0 Å². The molecule has 0 saturated heterocycles. The molecule has 6 N–H and O–H groups in total. The van der Waals surface area contributed by atoms with Crippen molar-refractivity contribution in [1.29, 1.82) is 0 Å². The van der Waals surface area contributed by atoms with Crippen molar-refractivity contribution in [1.82, 2.24) is 4.90 Å². The van der Waals surface area contributed by atoms with Gasteiger partial charge in [-0.2, -0.15) is 0 Å². The van der Waals surface area contributed by atoms with Crippen molar-refractivity contribution < 1.29 is 44.3 Å². The lowest BCUT2D eigenvalue weighted by atomic mass is 9.49. The molecule has 11 nitrogen and oxygen atoms in total. The van der Waals surface area contributed by atoms with Crippen LogP contribution in [0.5, 0.6) is 5.75 Å². The molecule has 6 unspecified atom stereocenters. The predicted octanol–water partition coefficient (Wildman–Crippen LogP) is 2.42. The van der Waals surface area contributed by atoms with Gasteiger partial charge in [0.2, 0.25) is 5.78 Å². The zero-order valence-corrected chi connectivity index (χ0v) is 24.9. The molecule has 0 aromatic heterocycles. The summed E-state index contributed by atoms with van der Waals surface area (Å²) in [6, 6.07) is 3.28. The summed E-state index contributed by atoms with van der Waals surface area (Å²) < 4.78 is 6.48. The van der Waals surface area contributed by atoms with Gasteiger partial charge >= 0.3 is 5.97 Å². The standard InChI is InChI=1S/C33H38N2O9/c1-13-17-5-4-6-18(36)20(17)25(37)21-19(13)27(44-31(42)32-10-14-7-15(11-32)9-16(8-14)12-32)23-24(35(2)3)26(38)22(30(34)41)29(40)33(23,43)28(21)39/h4-6,13-16,19,23-24,27,36,38-39,43H,7-12H2,1-3H3,(H2,34,41). The van der Waals surface area contributed by atoms with Gasteiger partial charge in [-0.15, -0.1) is 0 Å². The van der Waals surface area contributed by atoms with E-state index in [1.54, 1.807) is 33.2 Å². The van der Waals surface area contributed by atoms with Crippen molar-refractivity contribution in [3.05, 3.63) is 52.0 Å². The summed E-state index contributed by atoms with van der Waals surface area (Å²) in [4.78, 5) is 56.4. The number of phenols is 1. The van der Waals surface area contributed by atoms with Gasteiger partial charge in [0.15, 0.2) is 11.4 Å². The number of nitrogens with zero attached hydrogens (tertiary/aromatic N) is 1. The second kappa shape index (κ2) is 9.40. The van der Waals surface area contributed by atoms with Crippen LogP contribution >= 0.6 is 0 Å². The molecule has 1 aromatic rings. The number of ketones is 2. The summed E-state index contributed by atoms with van der Waals surface area (Å²) >= 11 is 0. The molecule has 0 heterocycles. The van der Waals surface area contributed by atoms with Crippen molar-refractivity contribution in [2.75, 3.05) is 14.1 Å². The first-order chi connectivity index (χ1) is 20.7. The van der Waals surface area contributed by atoms with Gasteiger partial charge in [-0.3, -0.25) is 24.1 Å². The number of likely N-dealkylation sites (N-methyl/N-ethyl adjacent to an activating group) is 1. The smallest absolute Gasteiger partial charge is 0.312 e. The minimum absolute atomic E-state index is 0.0908. The number of hydrogen-bond donors (Lipinski definition) is 5. The van der Waals surface area contributed by atoms with Crippen LogP contribution < -0.4 is 5.73 Å². The number of rotatable bonds is 4. The third-order valence-electron chi connectivity index (χ3n) is 11.7. The van der Waals surface area contributed by atoms with Crippen molar-refractivity contribution in [2.24, 2.45) is 40.7 Å². The number of ether oxygens (including phenoxy) is 1. The topological polar surface area (TPSA) is 188 Å². The molecule has 11 heteroatoms. The van der Waals surface area contributed by atoms with Gasteiger partial charge < -0.3 is 30.9 Å². The molecule has 1 aromatic carbocycles. The predicted molar refractivity (Wildman–Crippen MR) is 154 cm³/mol. The van der Waals surface area contributed by atoms with Crippen LogP contribution in [0.2, 0.25) is 0 Å². The van der Waals surface area contributed by atoms with Gasteiger partial charge in [0.25, 0.3) is 5.91 Å². The highest BCUT2D eigenvalue weighted by Gasteiger charge is 2.69. The molecule has 234 valence electrons. The number of aliphatic hydroxyl groups is 3. The molecule has 0 radical (unpaired) electrons. The van der Waals surface area contributed by atoms with Crippen LogP contribution in [0.3, 0.4) is 0 Å². The minimum Gasteiger partial charge on any atom is -0.510 e. The van der Waals surface area contributed by atoms with Gasteiger partial charge in [0.05, 0.1) is 22.9 Å². The molecule has 4 bridgehead atoms. The summed E-state index contributed by atoms with van der Waals surface area (Å²) in [6.45, 7) is 1.76. The number of hydrogen-bond acceptors (Lipinski definition) is 10. The Hall–Kier alpha value is -3.70. The number of carbonyl (C=O) groups excluding carboxylic acids is 4. The summed E-state index contributed by atoms with van der Waals surface area (Å²) in [7, 11) is 3.10. The lowest BCUT2D eigenvalue weighted by Crippen LogP contribution is -2.69. The fourth-order valence-electron chi connectivity index (χ4n) is 10.3. The van der Waals surface area contributed by atoms with E-state index in [0.717, 1.165) is 19.3 Å². The molecule has 7 aliphatic rings. The van der Waals surface area contributed by atoms with E-state index in [9.17, 15) is 39.6 Å². The third-order valence-corrected chi connectivity index (χ3v) is 11.7. The average Bonchev–Trinajstić information content (AvgIpc) is 2.93. The molecule has 6 atom stereocenters. The molecular weight excluding hydrogens is 568 g/mol. The molecule has 0 spiro atoms. The second-order valence-electron chi connectivity index (χ2n) is 14.4. The number of Topliss-reactive ketones (excluding diaryl/α,β-unsaturated/α-hetero) is 2. The number of benzene rings is 1. The molecule has 7 aliphatic carbocycles. The van der Waals surface area contributed by atoms with Crippen LogP contribution in [-0.4, -0.2) is 80.6 Å². The highest BCUT2D eigenvalue weighted by Crippen LogP contribution is 2.62. The highest BCUT2D eigenvalue weighted by atomic mass is 16.5. The zero-order valence-electron chi connectivity index (χ0n) is 24.9. The van der Waals surface area contributed by atoms with E-state index < -0.39 is 81.4 Å². The van der Waals surface area contributed by atoms with Gasteiger partial charge in [-0.05, 0) is 87.9 Å². The number of esters is 1. The fraction of sp³-hybridized carbons (Fsp3) is 0.576. The van der Waals surface area contributed by atoms with Gasteiger partial charge in [0, 0.05) is 11.5 Å². The van der Waals surface area contributed by atoms with Crippen LogP contribution in [0.15, 0.2) is 40.9 Å². The first-order valence-electron chi connectivity index (χ1n) is 15.4. The van der Waals surface area contributed by atoms with Crippen molar-refractivity contribution in [3.63, 3.8) is 0 Å². The third kappa shape index (κ3) is 3.62. The summed E-state index contributed by atoms with van der Waals surface area (Å²) in [5.41, 5.74) is 0.905. The first kappa shape index (κ1) is 29.0. The lowest BCUT2D eigenvalue weighted by molar-refractivity contribution is -0.198. The number of carbonyl (C=O) groups is 4. The molecular formula is C33H38N2O9. The number of primary amides is 1. The van der Waals surface area contributed by atoms with Crippen molar-refractivity contribution >= 4 is 23.4 Å². The van der Waals surface area contributed by atoms with E-state index in [1.807, 2.05) is 0 Å². The largest absolute Gasteiger partial charge is 0.510 e. The molecule has 8 rings (SSSR count). The van der Waals surface area contributed by atoms with Crippen LogP contribution in [0.4, 0.5) is 0 Å². The van der Waals surface area contributed by atoms with E-state index in [1.165, 1.54) is 11.0 Å². The van der Waals surface area contributed by atoms with Crippen molar-refractivity contribution in [3.8, 4) is 5.75 Å². The minimum atomic E-state index is -2.94. The number of amides is 1. The van der Waals surface area contributed by atoms with E-state index in [2.05, 4.69) is 0 Å². The maximum Gasteiger partial charge on any atom is 0.312 e. The molecule has 4 saturated carbocycles. The molecule has 1 amide bonds. The highest BCUT2D eigenvalue weighted by molar-refractivity contribution is 6.25. The Morgan fingerprint density at radius 1 is 1.00 bits per heavy atom. The normalized spacial score (nSPS) is 40.6. The Labute approximate surface area is 254 Å². The van der Waals surface area contributed by atoms with E-state index in [-0.39, 0.29) is 16.9 Å². The SMILES string of the molecule is CC1c2cccc(O)c2C(=O)C2=C(O)C3(O)C(=O)C(C(N)=O)=C(O)C(N(C)C)C3C(OC(=O)C34CC5CC(CC(C5)C3)C4)C21. The zero-order chi connectivity index (χ0) is 31.6. The number of nitrogens with two attached hydrogens (primary N) is 1.